The van der Waals surface area contributed by atoms with Gasteiger partial charge in [0.15, 0.2) is 11.5 Å². The number of amides is 1. The normalized spacial score (nSPS) is 22.3. The molecule has 0 bridgehead atoms. The number of rotatable bonds is 3. The summed E-state index contributed by atoms with van der Waals surface area (Å²) in [7, 11) is 1.71. The fourth-order valence-electron chi connectivity index (χ4n) is 4.16. The van der Waals surface area contributed by atoms with Crippen LogP contribution in [0.5, 0.6) is 11.5 Å². The SMILES string of the molecule is Cn1nc(C2CCN(C(=O)C3COc4ccccc4O3)CC2)n(C2CC2)c1=O. The Hall–Kier alpha value is -2.77. The van der Waals surface area contributed by atoms with Crippen LogP contribution in [0.15, 0.2) is 29.1 Å². The average molecular weight is 384 g/mol. The molecule has 3 aliphatic rings. The van der Waals surface area contributed by atoms with Gasteiger partial charge in [-0.1, -0.05) is 12.1 Å². The molecule has 0 radical (unpaired) electrons. The molecule has 1 amide bonds. The number of ether oxygens (including phenoxy) is 2. The van der Waals surface area contributed by atoms with E-state index in [1.807, 2.05) is 33.7 Å². The Kier molecular flexibility index (Phi) is 4.14. The van der Waals surface area contributed by atoms with Crippen molar-refractivity contribution in [3.8, 4) is 11.5 Å². The number of aromatic nitrogens is 3. The molecule has 3 heterocycles. The van der Waals surface area contributed by atoms with Gasteiger partial charge in [0.25, 0.3) is 5.91 Å². The van der Waals surface area contributed by atoms with Crippen LogP contribution in [0.4, 0.5) is 0 Å². The van der Waals surface area contributed by atoms with E-state index in [0.717, 1.165) is 31.5 Å². The first kappa shape index (κ1) is 17.3. The number of hydrogen-bond acceptors (Lipinski definition) is 5. The Morgan fingerprint density at radius 3 is 2.54 bits per heavy atom. The lowest BCUT2D eigenvalue weighted by atomic mass is 9.95. The summed E-state index contributed by atoms with van der Waals surface area (Å²) in [6.07, 6.45) is 3.11. The van der Waals surface area contributed by atoms with Crippen molar-refractivity contribution in [1.82, 2.24) is 19.2 Å². The fraction of sp³-hybridized carbons (Fsp3) is 0.550. The number of nitrogens with zero attached hydrogens (tertiary/aromatic N) is 4. The van der Waals surface area contributed by atoms with E-state index in [1.165, 1.54) is 4.68 Å². The molecule has 1 unspecified atom stereocenters. The number of aryl methyl sites for hydroxylation is 1. The third-order valence-electron chi connectivity index (χ3n) is 5.85. The first-order valence-corrected chi connectivity index (χ1v) is 9.94. The smallest absolute Gasteiger partial charge is 0.345 e. The van der Waals surface area contributed by atoms with Gasteiger partial charge >= 0.3 is 5.69 Å². The lowest BCUT2D eigenvalue weighted by Crippen LogP contribution is -2.49. The number of benzene rings is 1. The third-order valence-corrected chi connectivity index (χ3v) is 5.85. The van der Waals surface area contributed by atoms with Crippen LogP contribution in [-0.4, -0.2) is 51.0 Å². The highest BCUT2D eigenvalue weighted by atomic mass is 16.6. The van der Waals surface area contributed by atoms with Crippen LogP contribution in [0.2, 0.25) is 0 Å². The Labute approximate surface area is 162 Å². The maximum atomic E-state index is 12.9. The van der Waals surface area contributed by atoms with Gasteiger partial charge in [-0.15, -0.1) is 0 Å². The van der Waals surface area contributed by atoms with Crippen molar-refractivity contribution in [2.24, 2.45) is 7.05 Å². The van der Waals surface area contributed by atoms with Gasteiger partial charge in [-0.05, 0) is 37.8 Å². The Bertz CT molecular complexity index is 953. The number of carbonyl (C=O) groups is 1. The molecule has 28 heavy (non-hydrogen) atoms. The number of hydrogen-bond donors (Lipinski definition) is 0. The zero-order valence-corrected chi connectivity index (χ0v) is 15.9. The van der Waals surface area contributed by atoms with E-state index in [1.54, 1.807) is 7.05 Å². The average Bonchev–Trinajstić information content (AvgIpc) is 3.53. The Morgan fingerprint density at radius 1 is 1.11 bits per heavy atom. The van der Waals surface area contributed by atoms with Crippen LogP contribution in [0.25, 0.3) is 0 Å². The molecule has 148 valence electrons. The second kappa shape index (κ2) is 6.68. The van der Waals surface area contributed by atoms with Crippen molar-refractivity contribution in [2.75, 3.05) is 19.7 Å². The summed E-state index contributed by atoms with van der Waals surface area (Å²) in [5, 5.41) is 4.50. The Balaban J connectivity index is 1.25. The highest BCUT2D eigenvalue weighted by Crippen LogP contribution is 2.38. The van der Waals surface area contributed by atoms with Crippen LogP contribution in [0, 0.1) is 0 Å². The molecule has 1 atom stereocenters. The molecule has 8 nitrogen and oxygen atoms in total. The highest BCUT2D eigenvalue weighted by molar-refractivity contribution is 5.82. The van der Waals surface area contributed by atoms with Gasteiger partial charge in [-0.25, -0.2) is 9.48 Å². The molecule has 0 spiro atoms. The minimum atomic E-state index is -0.606. The lowest BCUT2D eigenvalue weighted by molar-refractivity contribution is -0.142. The number of fused-ring (bicyclic) bond motifs is 1. The minimum absolute atomic E-state index is 0.0255. The van der Waals surface area contributed by atoms with Crippen molar-refractivity contribution >= 4 is 5.91 Å². The monoisotopic (exact) mass is 384 g/mol. The van der Waals surface area contributed by atoms with Gasteiger partial charge in [0.2, 0.25) is 6.10 Å². The molecule has 2 fully saturated rings. The topological polar surface area (TPSA) is 78.6 Å². The van der Waals surface area contributed by atoms with Crippen LogP contribution in [0.3, 0.4) is 0 Å². The van der Waals surface area contributed by atoms with E-state index >= 15 is 0 Å². The molecule has 1 saturated carbocycles. The predicted octanol–water partition coefficient (Wildman–Crippen LogP) is 1.46. The van der Waals surface area contributed by atoms with Crippen molar-refractivity contribution in [3.63, 3.8) is 0 Å². The zero-order valence-electron chi connectivity index (χ0n) is 15.9. The van der Waals surface area contributed by atoms with Crippen molar-refractivity contribution < 1.29 is 14.3 Å². The van der Waals surface area contributed by atoms with Crippen LogP contribution in [0.1, 0.15) is 43.5 Å². The summed E-state index contributed by atoms with van der Waals surface area (Å²) in [5.74, 6) is 2.35. The first-order valence-electron chi connectivity index (χ1n) is 9.94. The van der Waals surface area contributed by atoms with Gasteiger partial charge in [0.1, 0.15) is 12.4 Å². The zero-order chi connectivity index (χ0) is 19.3. The van der Waals surface area contributed by atoms with Crippen LogP contribution in [-0.2, 0) is 11.8 Å². The number of para-hydroxylation sites is 2. The van der Waals surface area contributed by atoms with Crippen molar-refractivity contribution in [1.29, 1.82) is 0 Å². The summed E-state index contributed by atoms with van der Waals surface area (Å²) < 4.78 is 14.9. The van der Waals surface area contributed by atoms with Crippen molar-refractivity contribution in [2.45, 2.75) is 43.7 Å². The van der Waals surface area contributed by atoms with E-state index in [4.69, 9.17) is 9.47 Å². The Morgan fingerprint density at radius 2 is 1.82 bits per heavy atom. The minimum Gasteiger partial charge on any atom is -0.485 e. The summed E-state index contributed by atoms with van der Waals surface area (Å²) in [5.41, 5.74) is -0.0255. The largest absolute Gasteiger partial charge is 0.485 e. The summed E-state index contributed by atoms with van der Waals surface area (Å²) >= 11 is 0. The fourth-order valence-corrected chi connectivity index (χ4v) is 4.16. The van der Waals surface area contributed by atoms with Gasteiger partial charge < -0.3 is 14.4 Å². The number of carbonyl (C=O) groups excluding carboxylic acids is 1. The molecule has 1 aromatic carbocycles. The molecule has 2 aliphatic heterocycles. The molecule has 1 aromatic heterocycles. The molecule has 2 aromatic rings. The molecule has 5 rings (SSSR count). The van der Waals surface area contributed by atoms with Crippen LogP contribution < -0.4 is 15.2 Å². The van der Waals surface area contributed by atoms with E-state index in [-0.39, 0.29) is 24.1 Å². The van der Waals surface area contributed by atoms with E-state index in [2.05, 4.69) is 5.10 Å². The highest BCUT2D eigenvalue weighted by Gasteiger charge is 2.36. The van der Waals surface area contributed by atoms with E-state index in [0.29, 0.717) is 30.6 Å². The summed E-state index contributed by atoms with van der Waals surface area (Å²) in [6, 6.07) is 7.72. The number of likely N-dealkylation sites (tertiary alicyclic amines) is 1. The van der Waals surface area contributed by atoms with E-state index in [9.17, 15) is 9.59 Å². The quantitative estimate of drug-likeness (QED) is 0.801. The summed E-state index contributed by atoms with van der Waals surface area (Å²) in [4.78, 5) is 27.1. The van der Waals surface area contributed by atoms with Gasteiger partial charge in [0.05, 0.1) is 0 Å². The predicted molar refractivity (Wildman–Crippen MR) is 101 cm³/mol. The molecular weight excluding hydrogens is 360 g/mol. The molecule has 8 heteroatoms. The van der Waals surface area contributed by atoms with Gasteiger partial charge in [-0.2, -0.15) is 5.10 Å². The van der Waals surface area contributed by atoms with Crippen molar-refractivity contribution in [3.05, 3.63) is 40.6 Å². The maximum Gasteiger partial charge on any atom is 0.345 e. The van der Waals surface area contributed by atoms with Gasteiger partial charge in [0, 0.05) is 32.1 Å². The molecule has 1 aliphatic carbocycles. The van der Waals surface area contributed by atoms with Gasteiger partial charge in [-0.3, -0.25) is 9.36 Å². The second-order valence-electron chi connectivity index (χ2n) is 7.83. The molecule has 1 saturated heterocycles. The third kappa shape index (κ3) is 2.96. The lowest BCUT2D eigenvalue weighted by Gasteiger charge is -2.35. The van der Waals surface area contributed by atoms with E-state index < -0.39 is 6.10 Å². The molecular formula is C20H24N4O4. The first-order chi connectivity index (χ1) is 13.6. The maximum absolute atomic E-state index is 12.9. The second-order valence-corrected chi connectivity index (χ2v) is 7.83. The summed E-state index contributed by atoms with van der Waals surface area (Å²) in [6.45, 7) is 1.51. The molecule has 0 N–H and O–H groups in total. The standard InChI is InChI=1S/C20H24N4O4/c1-22-20(26)24(14-6-7-14)18(21-22)13-8-10-23(11-9-13)19(25)17-12-27-15-4-2-3-5-16(15)28-17/h2-5,13-14,17H,6-12H2,1H3. The number of piperidine rings is 1. The van der Waals surface area contributed by atoms with Crippen LogP contribution >= 0.6 is 0 Å².